The summed E-state index contributed by atoms with van der Waals surface area (Å²) in [7, 11) is 1.53. The molecule has 1 fully saturated rings. The van der Waals surface area contributed by atoms with Crippen LogP contribution >= 0.6 is 0 Å². The third-order valence-electron chi connectivity index (χ3n) is 7.05. The zero-order chi connectivity index (χ0) is 29.5. The number of benzene rings is 3. The van der Waals surface area contributed by atoms with Gasteiger partial charge in [0.05, 0.1) is 18.9 Å². The molecule has 1 aliphatic heterocycles. The van der Waals surface area contributed by atoms with Crippen LogP contribution in [0.3, 0.4) is 0 Å². The number of ether oxygens (including phenoxy) is 1. The van der Waals surface area contributed by atoms with Gasteiger partial charge < -0.3 is 29.6 Å². The zero-order valence-electron chi connectivity index (χ0n) is 23.1. The average Bonchev–Trinajstić information content (AvgIpc) is 3.45. The topological polar surface area (TPSA) is 104 Å². The van der Waals surface area contributed by atoms with Gasteiger partial charge in [-0.2, -0.15) is 0 Å². The smallest absolute Gasteiger partial charge is 0.289 e. The lowest BCUT2D eigenvalue weighted by Gasteiger charge is -2.26. The largest absolute Gasteiger partial charge is 0.497 e. The van der Waals surface area contributed by atoms with Gasteiger partial charge in [-0.1, -0.05) is 18.2 Å². The Morgan fingerprint density at radius 1 is 0.905 bits per heavy atom. The maximum atomic E-state index is 13.5. The molecular weight excluding hydrogens is 539 g/mol. The van der Waals surface area contributed by atoms with Crippen LogP contribution in [0.1, 0.15) is 43.3 Å². The van der Waals surface area contributed by atoms with Crippen molar-refractivity contribution >= 4 is 29.1 Å². The number of furan rings is 1. The Morgan fingerprint density at radius 3 is 2.50 bits per heavy atom. The highest BCUT2D eigenvalue weighted by atomic mass is 19.1. The number of amides is 3. The van der Waals surface area contributed by atoms with Crippen LogP contribution in [0.15, 0.2) is 89.5 Å². The van der Waals surface area contributed by atoms with Crippen LogP contribution < -0.4 is 20.3 Å². The van der Waals surface area contributed by atoms with Crippen LogP contribution in [0.5, 0.6) is 5.75 Å². The minimum Gasteiger partial charge on any atom is -0.497 e. The third kappa shape index (κ3) is 6.77. The Kier molecular flexibility index (Phi) is 8.81. The summed E-state index contributed by atoms with van der Waals surface area (Å²) in [5.41, 5.74) is 2.65. The molecule has 0 unspecified atom stereocenters. The van der Waals surface area contributed by atoms with E-state index in [0.29, 0.717) is 66.6 Å². The van der Waals surface area contributed by atoms with Crippen molar-refractivity contribution in [1.82, 2.24) is 10.2 Å². The van der Waals surface area contributed by atoms with Crippen molar-refractivity contribution in [3.8, 4) is 5.75 Å². The van der Waals surface area contributed by atoms with Crippen molar-refractivity contribution in [2.75, 3.05) is 43.5 Å². The number of hydrogen-bond acceptors (Lipinski definition) is 6. The number of nitrogens with one attached hydrogen (secondary N) is 2. The highest BCUT2D eigenvalue weighted by molar-refractivity contribution is 6.06. The van der Waals surface area contributed by atoms with Crippen molar-refractivity contribution in [2.45, 2.75) is 13.0 Å². The van der Waals surface area contributed by atoms with Crippen LogP contribution in [0.25, 0.3) is 0 Å². The standard InChI is InChI=1S/C32H31FN4O5/c1-41-26-6-2-5-23(19-26)30(38)35-25-12-13-28(27(20-25)31(39)34-21-22-8-10-24(33)11-9-22)36-14-4-15-37(17-16-36)32(40)29-7-3-18-42-29/h2-3,5-13,18-20H,4,14-17,21H2,1H3,(H,34,39)(H,35,38). The molecule has 0 bridgehead atoms. The Bertz CT molecular complexity index is 1560. The van der Waals surface area contributed by atoms with E-state index in [1.807, 2.05) is 0 Å². The highest BCUT2D eigenvalue weighted by Crippen LogP contribution is 2.27. The number of anilines is 2. The van der Waals surface area contributed by atoms with Crippen molar-refractivity contribution in [2.24, 2.45) is 0 Å². The van der Waals surface area contributed by atoms with Crippen LogP contribution in [0.2, 0.25) is 0 Å². The van der Waals surface area contributed by atoms with Gasteiger partial charge in [-0.3, -0.25) is 14.4 Å². The molecule has 1 aliphatic rings. The second kappa shape index (κ2) is 13.0. The first-order valence-corrected chi connectivity index (χ1v) is 13.6. The van der Waals surface area contributed by atoms with Crippen LogP contribution in [-0.4, -0.2) is 55.9 Å². The van der Waals surface area contributed by atoms with Crippen molar-refractivity contribution in [3.63, 3.8) is 0 Å². The minimum atomic E-state index is -0.354. The molecule has 0 spiro atoms. The third-order valence-corrected chi connectivity index (χ3v) is 7.05. The van der Waals surface area contributed by atoms with E-state index in [0.717, 1.165) is 5.56 Å². The number of methoxy groups -OCH3 is 1. The lowest BCUT2D eigenvalue weighted by atomic mass is 10.1. The molecule has 5 rings (SSSR count). The van der Waals surface area contributed by atoms with Gasteiger partial charge in [0.25, 0.3) is 17.7 Å². The molecule has 0 atom stereocenters. The Morgan fingerprint density at radius 2 is 1.74 bits per heavy atom. The first-order chi connectivity index (χ1) is 20.4. The molecule has 0 saturated carbocycles. The first kappa shape index (κ1) is 28.4. The molecule has 2 heterocycles. The number of carbonyl (C=O) groups is 3. The van der Waals surface area contributed by atoms with E-state index in [1.165, 1.54) is 25.5 Å². The van der Waals surface area contributed by atoms with Gasteiger partial charge >= 0.3 is 0 Å². The molecular formula is C32H31FN4O5. The summed E-state index contributed by atoms with van der Waals surface area (Å²) in [4.78, 5) is 43.2. The van der Waals surface area contributed by atoms with Crippen molar-refractivity contribution < 1.29 is 27.9 Å². The molecule has 42 heavy (non-hydrogen) atoms. The van der Waals surface area contributed by atoms with Gasteiger partial charge in [-0.25, -0.2) is 4.39 Å². The van der Waals surface area contributed by atoms with Gasteiger partial charge in [0.2, 0.25) is 0 Å². The van der Waals surface area contributed by atoms with E-state index in [-0.39, 0.29) is 30.1 Å². The van der Waals surface area contributed by atoms with E-state index in [4.69, 9.17) is 9.15 Å². The van der Waals surface area contributed by atoms with E-state index < -0.39 is 0 Å². The normalized spacial score (nSPS) is 13.3. The Labute approximate surface area is 242 Å². The predicted molar refractivity (Wildman–Crippen MR) is 156 cm³/mol. The molecule has 2 N–H and O–H groups in total. The second-order valence-electron chi connectivity index (χ2n) is 9.84. The monoisotopic (exact) mass is 570 g/mol. The minimum absolute atomic E-state index is 0.172. The molecule has 0 radical (unpaired) electrons. The van der Waals surface area contributed by atoms with Gasteiger partial charge in [-0.05, 0) is 72.6 Å². The van der Waals surface area contributed by atoms with Gasteiger partial charge in [0.1, 0.15) is 11.6 Å². The van der Waals surface area contributed by atoms with Crippen molar-refractivity contribution in [1.29, 1.82) is 0 Å². The SMILES string of the molecule is COc1cccc(C(=O)Nc2ccc(N3CCCN(C(=O)c4ccco4)CC3)c(C(=O)NCc3ccc(F)cc3)c2)c1. The molecule has 0 aliphatic carbocycles. The summed E-state index contributed by atoms with van der Waals surface area (Å²) < 4.78 is 23.9. The molecule has 9 nitrogen and oxygen atoms in total. The van der Waals surface area contributed by atoms with Crippen LogP contribution in [0, 0.1) is 5.82 Å². The molecule has 216 valence electrons. The maximum Gasteiger partial charge on any atom is 0.289 e. The quantitative estimate of drug-likeness (QED) is 0.310. The molecule has 1 saturated heterocycles. The Balaban J connectivity index is 1.37. The number of nitrogens with zero attached hydrogens (tertiary/aromatic N) is 2. The predicted octanol–water partition coefficient (Wildman–Crippen LogP) is 4.96. The number of halogens is 1. The van der Waals surface area contributed by atoms with E-state index in [1.54, 1.807) is 71.6 Å². The van der Waals surface area contributed by atoms with Gasteiger partial charge in [0, 0.05) is 49.7 Å². The molecule has 4 aromatic rings. The molecule has 1 aromatic heterocycles. The highest BCUT2D eigenvalue weighted by Gasteiger charge is 2.25. The lowest BCUT2D eigenvalue weighted by molar-refractivity contribution is 0.0734. The van der Waals surface area contributed by atoms with Crippen LogP contribution in [-0.2, 0) is 6.54 Å². The summed E-state index contributed by atoms with van der Waals surface area (Å²) in [6.45, 7) is 2.32. The van der Waals surface area contributed by atoms with Crippen molar-refractivity contribution in [3.05, 3.63) is 113 Å². The summed E-state index contributed by atoms with van der Waals surface area (Å²) in [5, 5.41) is 5.78. The van der Waals surface area contributed by atoms with Gasteiger partial charge in [0.15, 0.2) is 5.76 Å². The second-order valence-corrected chi connectivity index (χ2v) is 9.84. The van der Waals surface area contributed by atoms with E-state index >= 15 is 0 Å². The summed E-state index contributed by atoms with van der Waals surface area (Å²) >= 11 is 0. The fraction of sp³-hybridized carbons (Fsp3) is 0.219. The summed E-state index contributed by atoms with van der Waals surface area (Å²) in [5.74, 6) is -0.372. The molecule has 10 heteroatoms. The van der Waals surface area contributed by atoms with E-state index in [9.17, 15) is 18.8 Å². The first-order valence-electron chi connectivity index (χ1n) is 13.6. The summed E-state index contributed by atoms with van der Waals surface area (Å²) in [6, 6.07) is 21.2. The van der Waals surface area contributed by atoms with Gasteiger partial charge in [-0.15, -0.1) is 0 Å². The van der Waals surface area contributed by atoms with E-state index in [2.05, 4.69) is 15.5 Å². The average molecular weight is 571 g/mol. The lowest BCUT2D eigenvalue weighted by Crippen LogP contribution is -2.35. The number of carbonyl (C=O) groups excluding carboxylic acids is 3. The molecule has 3 amide bonds. The zero-order valence-corrected chi connectivity index (χ0v) is 23.1. The number of hydrogen-bond donors (Lipinski definition) is 2. The summed E-state index contributed by atoms with van der Waals surface area (Å²) in [6.07, 6.45) is 2.17. The maximum absolute atomic E-state index is 13.5. The molecule has 3 aromatic carbocycles. The fourth-order valence-corrected chi connectivity index (χ4v) is 4.84. The van der Waals surface area contributed by atoms with Crippen LogP contribution in [0.4, 0.5) is 15.8 Å². The Hall–Kier alpha value is -5.12. The number of rotatable bonds is 8. The fourth-order valence-electron chi connectivity index (χ4n) is 4.84.